The quantitative estimate of drug-likeness (QED) is 0.710. The van der Waals surface area contributed by atoms with E-state index in [4.69, 9.17) is 15.1 Å². The molecule has 0 atom stereocenters. The van der Waals surface area contributed by atoms with Crippen LogP contribution in [-0.2, 0) is 15.5 Å². The Balaban J connectivity index is 2.73. The Morgan fingerprint density at radius 3 is 2.75 bits per heavy atom. The summed E-state index contributed by atoms with van der Waals surface area (Å²) in [5.74, 6) is 0.532. The molecule has 0 amide bonds. The molecule has 0 unspecified atom stereocenters. The second-order valence-corrected chi connectivity index (χ2v) is 4.90. The van der Waals surface area contributed by atoms with E-state index >= 15 is 0 Å². The molecule has 1 heterocycles. The summed E-state index contributed by atoms with van der Waals surface area (Å²) in [6.45, 7) is 3.32. The Kier molecular flexibility index (Phi) is 2.59. The number of allylic oxidation sites excluding steroid dienone is 1. The van der Waals surface area contributed by atoms with Crippen LogP contribution in [0, 0.1) is 0 Å². The largest absolute Gasteiger partial charge is 0.469 e. The smallest absolute Gasteiger partial charge is 0.257 e. The van der Waals surface area contributed by atoms with Gasteiger partial charge in [0.1, 0.15) is 5.76 Å². The first-order valence-electron chi connectivity index (χ1n) is 3.15. The summed E-state index contributed by atoms with van der Waals surface area (Å²) < 4.78 is 26.3. The topological polar surface area (TPSA) is 47.3 Å². The second kappa shape index (κ2) is 3.33. The number of halogens is 1. The van der Waals surface area contributed by atoms with Crippen molar-refractivity contribution in [3.05, 3.63) is 35.6 Å². The molecule has 0 radical (unpaired) electrons. The lowest BCUT2D eigenvalue weighted by Gasteiger charge is -1.96. The molecule has 0 aromatic carbocycles. The Hall–Kier alpha value is -0.740. The van der Waals surface area contributed by atoms with E-state index in [0.717, 1.165) is 0 Å². The van der Waals surface area contributed by atoms with E-state index in [0.29, 0.717) is 5.76 Å². The second-order valence-electron chi connectivity index (χ2n) is 2.23. The number of rotatable bonds is 3. The first kappa shape index (κ1) is 9.35. The molecular formula is C7H7ClO3S. The minimum absolute atomic E-state index is 0.0564. The monoisotopic (exact) mass is 206 g/mol. The minimum atomic E-state index is -3.66. The molecule has 5 heteroatoms. The van der Waals surface area contributed by atoms with Gasteiger partial charge in [0.2, 0.25) is 0 Å². The highest BCUT2D eigenvalue weighted by atomic mass is 35.7. The molecule has 0 aliphatic carbocycles. The van der Waals surface area contributed by atoms with Gasteiger partial charge in [-0.1, -0.05) is 6.58 Å². The maximum atomic E-state index is 10.7. The van der Waals surface area contributed by atoms with Crippen molar-refractivity contribution < 1.29 is 12.8 Å². The molecule has 0 spiro atoms. The van der Waals surface area contributed by atoms with E-state index < -0.39 is 9.05 Å². The highest BCUT2D eigenvalue weighted by Crippen LogP contribution is 2.15. The molecule has 0 N–H and O–H groups in total. The van der Waals surface area contributed by atoms with Crippen molar-refractivity contribution in [2.24, 2.45) is 0 Å². The molecular weight excluding hydrogens is 200 g/mol. The van der Waals surface area contributed by atoms with E-state index in [9.17, 15) is 8.42 Å². The Bertz CT molecular complexity index is 363. The predicted molar refractivity (Wildman–Crippen MR) is 46.3 cm³/mol. The van der Waals surface area contributed by atoms with Crippen LogP contribution in [0.5, 0.6) is 0 Å². The number of hydrogen-bond acceptors (Lipinski definition) is 3. The van der Waals surface area contributed by atoms with Crippen LogP contribution in [0.15, 0.2) is 34.3 Å². The van der Waals surface area contributed by atoms with Crippen LogP contribution in [-0.4, -0.2) is 8.42 Å². The fraction of sp³-hybridized carbons (Fsp3) is 0.143. The van der Waals surface area contributed by atoms with Crippen molar-refractivity contribution in [2.45, 2.75) is 6.42 Å². The van der Waals surface area contributed by atoms with Crippen LogP contribution in [0.3, 0.4) is 0 Å². The van der Waals surface area contributed by atoms with Gasteiger partial charge in [0.15, 0.2) is 0 Å². The Labute approximate surface area is 75.1 Å². The summed E-state index contributed by atoms with van der Waals surface area (Å²) in [5.41, 5.74) is 0. The zero-order valence-electron chi connectivity index (χ0n) is 6.16. The average molecular weight is 207 g/mol. The zero-order chi connectivity index (χ0) is 9.19. The summed E-state index contributed by atoms with van der Waals surface area (Å²) in [6.07, 6.45) is 1.59. The van der Waals surface area contributed by atoms with Gasteiger partial charge in [0.05, 0.1) is 11.2 Å². The van der Waals surface area contributed by atoms with Crippen LogP contribution in [0.4, 0.5) is 0 Å². The highest BCUT2D eigenvalue weighted by Gasteiger charge is 2.12. The Morgan fingerprint density at radius 1 is 1.67 bits per heavy atom. The molecule has 3 nitrogen and oxygen atoms in total. The summed E-state index contributed by atoms with van der Waals surface area (Å²) in [7, 11) is 1.37. The molecule has 0 aliphatic heterocycles. The van der Waals surface area contributed by atoms with Crippen LogP contribution in [0.1, 0.15) is 5.76 Å². The summed E-state index contributed by atoms with van der Waals surface area (Å²) in [5, 5.41) is 0. The first-order valence-corrected chi connectivity index (χ1v) is 5.46. The summed E-state index contributed by atoms with van der Waals surface area (Å²) in [4.78, 5) is -0.0564. The van der Waals surface area contributed by atoms with E-state index in [1.807, 2.05) is 0 Å². The van der Waals surface area contributed by atoms with E-state index in [1.165, 1.54) is 6.26 Å². The van der Waals surface area contributed by atoms with Gasteiger partial charge in [-0.05, 0) is 12.1 Å². The lowest BCUT2D eigenvalue weighted by Crippen LogP contribution is -1.96. The third kappa shape index (κ3) is 2.39. The third-order valence-corrected chi connectivity index (χ3v) is 2.78. The van der Waals surface area contributed by atoms with Gasteiger partial charge in [-0.15, -0.1) is 0 Å². The van der Waals surface area contributed by atoms with Crippen LogP contribution >= 0.6 is 10.7 Å². The molecule has 1 aromatic rings. The van der Waals surface area contributed by atoms with E-state index in [1.54, 1.807) is 12.1 Å². The molecule has 1 aromatic heterocycles. The molecule has 0 saturated carbocycles. The van der Waals surface area contributed by atoms with Crippen LogP contribution in [0.25, 0.3) is 0 Å². The first-order chi connectivity index (χ1) is 5.50. The fourth-order valence-corrected chi connectivity index (χ4v) is 1.17. The third-order valence-electron chi connectivity index (χ3n) is 1.30. The maximum absolute atomic E-state index is 10.7. The van der Waals surface area contributed by atoms with Gasteiger partial charge in [-0.2, -0.15) is 0 Å². The van der Waals surface area contributed by atoms with Crippen LogP contribution in [0.2, 0.25) is 0 Å². The van der Waals surface area contributed by atoms with Crippen molar-refractivity contribution in [1.82, 2.24) is 0 Å². The highest BCUT2D eigenvalue weighted by molar-refractivity contribution is 8.16. The van der Waals surface area contributed by atoms with Gasteiger partial charge >= 0.3 is 0 Å². The van der Waals surface area contributed by atoms with E-state index in [-0.39, 0.29) is 11.3 Å². The molecule has 66 valence electrons. The average Bonchev–Trinajstić information content (AvgIpc) is 2.37. The SMILES string of the molecule is C=C(Cc1ccco1)S(=O)(=O)Cl. The van der Waals surface area contributed by atoms with Gasteiger partial charge in [0, 0.05) is 17.1 Å². The van der Waals surface area contributed by atoms with Gasteiger partial charge < -0.3 is 4.42 Å². The number of hydrogen-bond donors (Lipinski definition) is 0. The zero-order valence-corrected chi connectivity index (χ0v) is 7.73. The lowest BCUT2D eigenvalue weighted by molar-refractivity contribution is 0.520. The fourth-order valence-electron chi connectivity index (χ4n) is 0.694. The van der Waals surface area contributed by atoms with Crippen molar-refractivity contribution >= 4 is 19.7 Å². The minimum Gasteiger partial charge on any atom is -0.469 e. The standard InChI is InChI=1S/C7H7ClO3S/c1-6(12(8,9)10)5-7-3-2-4-11-7/h2-4H,1,5H2. The maximum Gasteiger partial charge on any atom is 0.257 e. The lowest BCUT2D eigenvalue weighted by atomic mass is 10.3. The molecule has 1 rings (SSSR count). The summed E-state index contributed by atoms with van der Waals surface area (Å²) >= 11 is 0. The van der Waals surface area contributed by atoms with Crippen molar-refractivity contribution in [3.63, 3.8) is 0 Å². The molecule has 0 bridgehead atoms. The summed E-state index contributed by atoms with van der Waals surface area (Å²) in [6, 6.07) is 3.33. The van der Waals surface area contributed by atoms with Crippen molar-refractivity contribution in [3.8, 4) is 0 Å². The van der Waals surface area contributed by atoms with Crippen molar-refractivity contribution in [1.29, 1.82) is 0 Å². The van der Waals surface area contributed by atoms with Gasteiger partial charge in [0.25, 0.3) is 9.05 Å². The van der Waals surface area contributed by atoms with Crippen LogP contribution < -0.4 is 0 Å². The predicted octanol–water partition coefficient (Wildman–Crippen LogP) is 1.90. The normalized spacial score (nSPS) is 11.4. The van der Waals surface area contributed by atoms with Crippen molar-refractivity contribution in [2.75, 3.05) is 0 Å². The Morgan fingerprint density at radius 2 is 2.33 bits per heavy atom. The van der Waals surface area contributed by atoms with Gasteiger partial charge in [-0.25, -0.2) is 8.42 Å². The van der Waals surface area contributed by atoms with E-state index in [2.05, 4.69) is 6.58 Å². The van der Waals surface area contributed by atoms with Gasteiger partial charge in [-0.3, -0.25) is 0 Å². The molecule has 0 fully saturated rings. The molecule has 0 saturated heterocycles. The number of furan rings is 1. The molecule has 0 aliphatic rings. The molecule has 12 heavy (non-hydrogen) atoms.